The number of hydrogen-bond acceptors (Lipinski definition) is 14. The van der Waals surface area contributed by atoms with Gasteiger partial charge in [0.15, 0.2) is 23.0 Å². The fourth-order valence-electron chi connectivity index (χ4n) is 4.37. The summed E-state index contributed by atoms with van der Waals surface area (Å²) in [7, 11) is 0. The van der Waals surface area contributed by atoms with Crippen molar-refractivity contribution in [1.82, 2.24) is 74.1 Å². The fraction of sp³-hybridized carbons (Fsp3) is 0.174. The lowest BCUT2D eigenvalue weighted by Crippen LogP contribution is -2.20. The van der Waals surface area contributed by atoms with Gasteiger partial charge in [0, 0.05) is 0 Å². The van der Waals surface area contributed by atoms with Crippen LogP contribution in [-0.2, 0) is 0 Å². The first-order valence-corrected chi connectivity index (χ1v) is 12.8. The van der Waals surface area contributed by atoms with E-state index in [2.05, 4.69) is 80.8 Å². The molecule has 0 unspecified atom stereocenters. The molecule has 0 aromatic carbocycles. The molecule has 0 aliphatic heterocycles. The molecular weight excluding hydrogens is 586 g/mol. The number of nitrogens with zero attached hydrogens (tertiary/aromatic N) is 18. The molecular formula is C23H17N21O. The Labute approximate surface area is 248 Å². The molecule has 7 heterocycles. The number of H-pyrrole nitrogens is 3. The molecule has 0 saturated heterocycles. The van der Waals surface area contributed by atoms with E-state index in [9.17, 15) is 10.1 Å². The third kappa shape index (κ3) is 4.38. The summed E-state index contributed by atoms with van der Waals surface area (Å²) in [5.74, 6) is 0.535. The molecule has 0 aliphatic rings. The lowest BCUT2D eigenvalue weighted by molar-refractivity contribution is 0.730. The van der Waals surface area contributed by atoms with E-state index >= 15 is 0 Å². The zero-order valence-corrected chi connectivity index (χ0v) is 23.6. The van der Waals surface area contributed by atoms with Crippen molar-refractivity contribution in [3.05, 3.63) is 62.9 Å². The summed E-state index contributed by atoms with van der Waals surface area (Å²) in [6.45, 7) is 14.6. The van der Waals surface area contributed by atoms with Gasteiger partial charge >= 0.3 is 5.69 Å². The quantitative estimate of drug-likeness (QED) is 0.185. The average molecular weight is 604 g/mol. The minimum atomic E-state index is -0.834. The predicted octanol–water partition coefficient (Wildman–Crippen LogP) is 2.76. The molecule has 22 nitrogen and oxygen atoms in total. The van der Waals surface area contributed by atoms with Crippen LogP contribution >= 0.6 is 0 Å². The highest BCUT2D eigenvalue weighted by molar-refractivity contribution is 5.68. The smallest absolute Gasteiger partial charge is 0.278 e. The summed E-state index contributed by atoms with van der Waals surface area (Å²) in [6, 6.07) is 1.99. The van der Waals surface area contributed by atoms with Crippen LogP contribution in [0.15, 0.2) is 37.6 Å². The molecule has 7 aromatic rings. The first kappa shape index (κ1) is 26.7. The third-order valence-corrected chi connectivity index (χ3v) is 6.32. The van der Waals surface area contributed by atoms with Crippen LogP contribution in [0.1, 0.15) is 28.6 Å². The van der Waals surface area contributed by atoms with E-state index in [1.54, 1.807) is 27.7 Å². The number of fused-ring (bicyclic) bond motifs is 2. The van der Waals surface area contributed by atoms with Crippen LogP contribution in [0.3, 0.4) is 0 Å². The summed E-state index contributed by atoms with van der Waals surface area (Å²) in [6.07, 6.45) is 2.48. The Balaban J connectivity index is 1.31. The predicted molar refractivity (Wildman–Crippen MR) is 150 cm³/mol. The summed E-state index contributed by atoms with van der Waals surface area (Å²) < 4.78 is 5.10. The van der Waals surface area contributed by atoms with Crippen LogP contribution in [0.25, 0.3) is 28.0 Å². The van der Waals surface area contributed by atoms with E-state index in [1.807, 2.05) is 6.07 Å². The number of nitriles is 1. The zero-order chi connectivity index (χ0) is 31.4. The minimum Gasteiger partial charge on any atom is -0.278 e. The highest BCUT2D eigenvalue weighted by Gasteiger charge is 2.21. The van der Waals surface area contributed by atoms with Gasteiger partial charge in [0.1, 0.15) is 23.3 Å². The van der Waals surface area contributed by atoms with Crippen molar-refractivity contribution in [3.8, 4) is 18.0 Å². The lowest BCUT2D eigenvalue weighted by Gasteiger charge is -2.06. The zero-order valence-electron chi connectivity index (χ0n) is 23.6. The molecule has 0 aliphatic carbocycles. The van der Waals surface area contributed by atoms with Crippen molar-refractivity contribution in [1.29, 1.82) is 5.26 Å². The van der Waals surface area contributed by atoms with Gasteiger partial charge in [-0.05, 0) is 27.7 Å². The number of rotatable bonds is 6. The summed E-state index contributed by atoms with van der Waals surface area (Å²) >= 11 is 0. The molecule has 0 bridgehead atoms. The maximum absolute atomic E-state index is 12.7. The number of hydrogen-bond donors (Lipinski definition) is 3. The highest BCUT2D eigenvalue weighted by Crippen LogP contribution is 2.33. The molecule has 3 N–H and O–H groups in total. The van der Waals surface area contributed by atoms with Crippen molar-refractivity contribution < 1.29 is 0 Å². The van der Waals surface area contributed by atoms with Gasteiger partial charge in [0.2, 0.25) is 17.2 Å². The van der Waals surface area contributed by atoms with Crippen molar-refractivity contribution in [2.45, 2.75) is 27.7 Å². The summed E-state index contributed by atoms with van der Waals surface area (Å²) in [4.78, 5) is 35.6. The van der Waals surface area contributed by atoms with Crippen LogP contribution in [0, 0.1) is 45.6 Å². The second kappa shape index (κ2) is 9.95. The maximum Gasteiger partial charge on any atom is 0.351 e. The Morgan fingerprint density at radius 2 is 1.42 bits per heavy atom. The van der Waals surface area contributed by atoms with Gasteiger partial charge in [-0.15, -0.1) is 30.7 Å². The van der Waals surface area contributed by atoms with Crippen LogP contribution < -0.4 is 5.69 Å². The molecule has 220 valence electrons. The Morgan fingerprint density at radius 3 is 2.02 bits per heavy atom. The maximum atomic E-state index is 12.7. The van der Waals surface area contributed by atoms with E-state index in [0.717, 1.165) is 9.36 Å². The molecule has 0 fully saturated rings. The molecule has 7 aromatic heterocycles. The standard InChI is InChI=1S/C23H17N21O/c1-9-15(19-28-11(3)39-43(19)37-9)33-35-17-13(6-24)7-26-41(17)21-30-22(32-23(45)31-21)42-18(14(25-5)8-27-42)36-34-16-10(2)38-44-20(16)29-12(4)40-44/h7-8,37-38H,1-4H3,(H,30,31,32,45). The van der Waals surface area contributed by atoms with Crippen molar-refractivity contribution in [3.63, 3.8) is 0 Å². The Bertz CT molecular complexity index is 2320. The first-order chi connectivity index (χ1) is 21.7. The number of aromatic nitrogens is 15. The molecule has 0 spiro atoms. The fourth-order valence-corrected chi connectivity index (χ4v) is 4.37. The van der Waals surface area contributed by atoms with Gasteiger partial charge in [0.25, 0.3) is 11.6 Å². The Kier molecular flexibility index (Phi) is 5.89. The number of aromatic amines is 3. The van der Waals surface area contributed by atoms with E-state index < -0.39 is 5.69 Å². The number of azo groups is 2. The lowest BCUT2D eigenvalue weighted by atomic mass is 10.4. The van der Waals surface area contributed by atoms with E-state index in [4.69, 9.17) is 6.57 Å². The van der Waals surface area contributed by atoms with E-state index in [-0.39, 0.29) is 34.8 Å². The van der Waals surface area contributed by atoms with E-state index in [0.29, 0.717) is 45.7 Å². The normalized spacial score (nSPS) is 11.9. The van der Waals surface area contributed by atoms with Gasteiger partial charge in [-0.2, -0.15) is 44.1 Å². The Morgan fingerprint density at radius 1 is 0.822 bits per heavy atom. The molecule has 22 heteroatoms. The number of nitrogens with one attached hydrogen (secondary N) is 3. The topological polar surface area (TPSA) is 264 Å². The molecule has 0 atom stereocenters. The highest BCUT2D eigenvalue weighted by atomic mass is 16.1. The van der Waals surface area contributed by atoms with Crippen molar-refractivity contribution in [2.75, 3.05) is 0 Å². The number of aryl methyl sites for hydroxylation is 4. The molecule has 7 rings (SSSR count). The van der Waals surface area contributed by atoms with Gasteiger partial charge in [0.05, 0.1) is 30.4 Å². The van der Waals surface area contributed by atoms with Crippen LogP contribution in [0.4, 0.5) is 28.7 Å². The van der Waals surface area contributed by atoms with Gasteiger partial charge < -0.3 is 0 Å². The van der Waals surface area contributed by atoms with E-state index in [1.165, 1.54) is 21.7 Å². The van der Waals surface area contributed by atoms with Crippen molar-refractivity contribution >= 4 is 40.0 Å². The van der Waals surface area contributed by atoms with Gasteiger partial charge in [-0.25, -0.2) is 19.6 Å². The van der Waals surface area contributed by atoms with Crippen molar-refractivity contribution in [2.24, 2.45) is 20.5 Å². The largest absolute Gasteiger partial charge is 0.351 e. The van der Waals surface area contributed by atoms with Crippen LogP contribution in [-0.4, -0.2) is 74.1 Å². The molecule has 0 saturated carbocycles. The van der Waals surface area contributed by atoms with Crippen LogP contribution in [0.5, 0.6) is 0 Å². The SMILES string of the molecule is [C-]#[N+]c1cnn(-c2nc(-n3ncc(C#N)c3N=Nc3c(C)[nH]n4nc(C)nc34)nc(=O)[nH]2)c1N=Nc1c(C)[nH]n2nc(C)nc12. The second-order valence-corrected chi connectivity index (χ2v) is 9.42. The molecule has 0 radical (unpaired) electrons. The third-order valence-electron chi connectivity index (χ3n) is 6.32. The Hall–Kier alpha value is -7.23. The first-order valence-electron chi connectivity index (χ1n) is 12.8. The summed E-state index contributed by atoms with van der Waals surface area (Å²) in [5, 5.41) is 49.6. The van der Waals surface area contributed by atoms with Crippen LogP contribution in [0.2, 0.25) is 0 Å². The average Bonchev–Trinajstić information content (AvgIpc) is 3.83. The minimum absolute atomic E-state index is 0.0267. The monoisotopic (exact) mass is 603 g/mol. The van der Waals surface area contributed by atoms with Gasteiger partial charge in [-0.1, -0.05) is 0 Å². The molecule has 0 amide bonds. The second-order valence-electron chi connectivity index (χ2n) is 9.42. The molecule has 45 heavy (non-hydrogen) atoms. The van der Waals surface area contributed by atoms with Gasteiger partial charge in [-0.3, -0.25) is 15.2 Å². The summed E-state index contributed by atoms with van der Waals surface area (Å²) in [5.41, 5.74) is 2.12.